The Bertz CT molecular complexity index is 492. The fourth-order valence-corrected chi connectivity index (χ4v) is 0.585. The van der Waals surface area contributed by atoms with E-state index in [4.69, 9.17) is 6.97 Å². The minimum absolute atomic E-state index is 0.702. The molecule has 0 saturated heterocycles. The van der Waals surface area contributed by atoms with E-state index < -0.39 is 41.5 Å². The number of carboxylic acids is 2. The number of nitrogens with zero attached hydrogens (tertiary/aromatic N) is 1. The van der Waals surface area contributed by atoms with Crippen LogP contribution in [-0.2, 0) is 0 Å². The topological polar surface area (TPSA) is 87.5 Å². The highest BCUT2D eigenvalue weighted by Crippen LogP contribution is 2.04. The lowest BCUT2D eigenvalue weighted by Gasteiger charge is -1.97. The Morgan fingerprint density at radius 2 is 2.25 bits per heavy atom. The van der Waals surface area contributed by atoms with Gasteiger partial charge in [0, 0.05) is 6.17 Å². The highest BCUT2D eigenvalue weighted by Gasteiger charge is 2.15. The van der Waals surface area contributed by atoms with Crippen molar-refractivity contribution in [2.45, 2.75) is 0 Å². The molecule has 0 radical (unpaired) electrons. The molecule has 1 aromatic heterocycles. The van der Waals surface area contributed by atoms with Crippen LogP contribution in [0.5, 0.6) is 0 Å². The zero-order chi connectivity index (χ0) is 13.2. The van der Waals surface area contributed by atoms with E-state index in [1.165, 1.54) is 0 Å². The van der Waals surface area contributed by atoms with E-state index in [9.17, 15) is 9.59 Å². The molecule has 0 aliphatic rings. The average Bonchev–Trinajstić information content (AvgIpc) is 2.33. The lowest BCUT2D eigenvalue weighted by Crippen LogP contribution is -2.09. The predicted molar refractivity (Wildman–Crippen MR) is 38.2 cm³/mol. The molecule has 5 heteroatoms. The second kappa shape index (κ2) is 3.00. The van der Waals surface area contributed by atoms with Crippen LogP contribution in [0.4, 0.5) is 0 Å². The number of carbonyl (C=O) groups is 2. The van der Waals surface area contributed by atoms with Crippen LogP contribution in [0.1, 0.15) is 25.0 Å². The zero-order valence-electron chi connectivity index (χ0n) is 10.6. The van der Waals surface area contributed by atoms with Gasteiger partial charge in [0.2, 0.25) is 0 Å². The molecule has 0 atom stereocenters. The number of carboxylic acid groups (broad SMARTS) is 2. The summed E-state index contributed by atoms with van der Waals surface area (Å²) in [6.45, 7) is 0. The summed E-state index contributed by atoms with van der Waals surface area (Å²) in [5, 5.41) is 7.16. The quantitative estimate of drug-likeness (QED) is 0.677. The van der Waals surface area contributed by atoms with Gasteiger partial charge in [0.15, 0.2) is 5.69 Å². The summed E-state index contributed by atoms with van der Waals surface area (Å²) in [5.74, 6) is -2.77. The normalized spacial score (nSPS) is 14.5. The van der Waals surface area contributed by atoms with Gasteiger partial charge in [-0.1, -0.05) is 0 Å². The molecule has 0 saturated carbocycles. The Hall–Kier alpha value is -1.91. The highest BCUT2D eigenvalue weighted by atomic mass is 16.4. The fraction of sp³-hybridized carbons (Fsp3) is 0. The number of aromatic nitrogens is 1. The number of hydrogen-bond acceptors (Lipinski definition) is 5. The molecular formula is C7H5NO4. The van der Waals surface area contributed by atoms with Gasteiger partial charge in [0.1, 0.15) is 0 Å². The van der Waals surface area contributed by atoms with Crippen molar-refractivity contribution >= 4 is 11.9 Å². The van der Waals surface area contributed by atoms with Crippen molar-refractivity contribution in [3.63, 3.8) is 0 Å². The Morgan fingerprint density at radius 3 is 2.92 bits per heavy atom. The molecule has 1 heterocycles. The van der Waals surface area contributed by atoms with Gasteiger partial charge in [-0.3, -0.25) is 0 Å². The molecule has 0 spiro atoms. The van der Waals surface area contributed by atoms with E-state index in [-0.39, 0.29) is 0 Å². The van der Waals surface area contributed by atoms with E-state index in [1.54, 1.807) is 0 Å². The van der Waals surface area contributed by atoms with Gasteiger partial charge < -0.3 is 10.2 Å². The average molecular weight is 172 g/mol. The van der Waals surface area contributed by atoms with Crippen LogP contribution in [0, 0.1) is 0 Å². The number of hydrogen-bond donors (Lipinski definition) is 2. The van der Waals surface area contributed by atoms with Crippen LogP contribution in [-0.4, -0.2) is 27.1 Å². The predicted octanol–water partition coefficient (Wildman–Crippen LogP) is 0.478. The third-order valence-corrected chi connectivity index (χ3v) is 1.05. The molecule has 1 rings (SSSR count). The molecule has 0 bridgehead atoms. The third kappa shape index (κ3) is 1.39. The first kappa shape index (κ1) is 3.66. The molecule has 0 aliphatic heterocycles. The van der Waals surface area contributed by atoms with Crippen LogP contribution in [0.3, 0.4) is 0 Å². The molecule has 0 unspecified atom stereocenters. The maximum Gasteiger partial charge on any atom is 0.355 e. The van der Waals surface area contributed by atoms with Crippen LogP contribution in [0.25, 0.3) is 2.86 Å². The molecule has 0 fully saturated rings. The summed E-state index contributed by atoms with van der Waals surface area (Å²) >= 11 is 0. The van der Waals surface area contributed by atoms with Crippen LogP contribution in [0.2, 0.25) is 0 Å². The molecule has 62 valence electrons. The van der Waals surface area contributed by atoms with Crippen LogP contribution < -0.4 is 0 Å². The molecule has 0 aliphatic carbocycles. The van der Waals surface area contributed by atoms with Crippen molar-refractivity contribution in [1.29, 1.82) is 2.86 Å². The Kier molecular flexibility index (Phi) is 0.914. The van der Waals surface area contributed by atoms with Crippen molar-refractivity contribution in [2.24, 2.45) is 0 Å². The molecular weight excluding hydrogens is 162 g/mol. The lowest BCUT2D eigenvalue weighted by atomic mass is 10.2. The standard InChI is InChI=1S/C7H5NO4/c9-6(10)4-2-1-3-8-5(4)7(11)12/h1-3H,(H,9,10)(H,11,12)/i1D,2D,3D/hD2. The van der Waals surface area contributed by atoms with Gasteiger partial charge in [0.05, 0.1) is 9.68 Å². The maximum atomic E-state index is 11.2. The van der Waals surface area contributed by atoms with Gasteiger partial charge >= 0.3 is 11.9 Å². The first-order valence-corrected chi connectivity index (χ1v) is 2.76. The van der Waals surface area contributed by atoms with Crippen molar-refractivity contribution in [1.82, 2.24) is 4.98 Å². The lowest BCUT2D eigenvalue weighted by molar-refractivity contribution is 0.0646. The smallest absolute Gasteiger partial charge is 0.355 e. The van der Waals surface area contributed by atoms with E-state index in [2.05, 4.69) is 15.2 Å². The summed E-state index contributed by atoms with van der Waals surface area (Å²) in [7, 11) is 0. The number of rotatable bonds is 2. The van der Waals surface area contributed by atoms with Gasteiger partial charge in [-0.05, 0) is 12.1 Å². The zero-order valence-corrected chi connectivity index (χ0v) is 5.58. The van der Waals surface area contributed by atoms with Crippen molar-refractivity contribution in [2.75, 3.05) is 0 Å². The van der Waals surface area contributed by atoms with Crippen molar-refractivity contribution in [3.8, 4) is 0 Å². The SMILES string of the molecule is [2H]OC(=O)c1nc([2H])c([2H])c([2H])c1C(=O)O[2H]. The third-order valence-electron chi connectivity index (χ3n) is 1.05. The summed E-state index contributed by atoms with van der Waals surface area (Å²) in [6, 6.07) is -1.49. The van der Waals surface area contributed by atoms with Gasteiger partial charge in [-0.25, -0.2) is 14.6 Å². The highest BCUT2D eigenvalue weighted by molar-refractivity contribution is 5.99. The van der Waals surface area contributed by atoms with E-state index in [0.29, 0.717) is 0 Å². The summed E-state index contributed by atoms with van der Waals surface area (Å²) in [5.41, 5.74) is -1.58. The summed E-state index contributed by atoms with van der Waals surface area (Å²) < 4.78 is 34.6. The van der Waals surface area contributed by atoms with E-state index >= 15 is 0 Å². The van der Waals surface area contributed by atoms with Crippen molar-refractivity contribution < 1.29 is 23.9 Å². The van der Waals surface area contributed by atoms with E-state index in [1.807, 2.05) is 0 Å². The maximum absolute atomic E-state index is 11.2. The van der Waals surface area contributed by atoms with E-state index in [0.717, 1.165) is 0 Å². The van der Waals surface area contributed by atoms with Gasteiger partial charge in [-0.15, -0.1) is 0 Å². The molecule has 0 aromatic carbocycles. The minimum Gasteiger partial charge on any atom is -0.478 e. The molecule has 1 aromatic rings. The van der Waals surface area contributed by atoms with Crippen LogP contribution in [0.15, 0.2) is 18.3 Å². The fourth-order valence-electron chi connectivity index (χ4n) is 0.585. The first-order chi connectivity index (χ1) is 7.93. The Morgan fingerprint density at radius 1 is 1.50 bits per heavy atom. The summed E-state index contributed by atoms with van der Waals surface area (Å²) in [4.78, 5) is 25.5. The molecule has 2 N–H and O–H groups in total. The molecule has 5 nitrogen and oxygen atoms in total. The minimum atomic E-state index is -1.39. The second-order valence-corrected chi connectivity index (χ2v) is 1.77. The summed E-state index contributed by atoms with van der Waals surface area (Å²) in [6.07, 6.45) is -0.725. The molecule has 0 amide bonds. The largest absolute Gasteiger partial charge is 0.478 e. The van der Waals surface area contributed by atoms with Gasteiger partial charge in [-0.2, -0.15) is 0 Å². The molecule has 12 heavy (non-hydrogen) atoms. The van der Waals surface area contributed by atoms with Crippen LogP contribution >= 0.6 is 0 Å². The second-order valence-electron chi connectivity index (χ2n) is 1.77. The monoisotopic (exact) mass is 172 g/mol. The Balaban J connectivity index is 3.57. The van der Waals surface area contributed by atoms with Gasteiger partial charge in [0.25, 0.3) is 2.86 Å². The number of pyridine rings is 1. The Labute approximate surface area is 74.5 Å². The number of aromatic carboxylic acids is 2. The first-order valence-electron chi connectivity index (χ1n) is 5.08. The van der Waals surface area contributed by atoms with Crippen molar-refractivity contribution in [3.05, 3.63) is 29.5 Å².